The van der Waals surface area contributed by atoms with Crippen LogP contribution in [-0.2, 0) is 9.47 Å². The number of hydrogen-bond acceptors (Lipinski definition) is 8. The van der Waals surface area contributed by atoms with Crippen LogP contribution in [0.25, 0.3) is 0 Å². The molecule has 0 radical (unpaired) electrons. The van der Waals surface area contributed by atoms with Crippen molar-refractivity contribution in [1.82, 2.24) is 20.4 Å². The molecule has 0 spiro atoms. The van der Waals surface area contributed by atoms with E-state index >= 15 is 0 Å². The highest BCUT2D eigenvalue weighted by Crippen LogP contribution is 2.22. The monoisotopic (exact) mass is 572 g/mol. The summed E-state index contributed by atoms with van der Waals surface area (Å²) < 4.78 is 10.6. The molecule has 2 unspecified atom stereocenters. The zero-order valence-corrected chi connectivity index (χ0v) is 26.2. The van der Waals surface area contributed by atoms with Gasteiger partial charge in [0.15, 0.2) is 0 Å². The lowest BCUT2D eigenvalue weighted by Gasteiger charge is -2.46. The van der Waals surface area contributed by atoms with E-state index in [1.807, 2.05) is 77.2 Å². The summed E-state index contributed by atoms with van der Waals surface area (Å²) in [6, 6.07) is 0.903. The third kappa shape index (κ3) is 16.6. The van der Waals surface area contributed by atoms with Gasteiger partial charge in [0, 0.05) is 74.4 Å². The van der Waals surface area contributed by atoms with Gasteiger partial charge >= 0.3 is 12.2 Å². The molecule has 220 valence electrons. The average Bonchev–Trinajstić information content (AvgIpc) is 2.78. The molecule has 2 amide bonds. The lowest BCUT2D eigenvalue weighted by molar-refractivity contribution is 0.0383. The summed E-state index contributed by atoms with van der Waals surface area (Å²) in [5.74, 6) is 3.76. The fraction of sp³-hybridized carbons (Fsp3) is 0.786. The van der Waals surface area contributed by atoms with Crippen LogP contribution in [0.1, 0.15) is 54.4 Å². The Hall–Kier alpha value is -1.36. The van der Waals surface area contributed by atoms with E-state index in [0.29, 0.717) is 25.2 Å². The predicted octanol–water partition coefficient (Wildman–Crippen LogP) is 5.01. The lowest BCUT2D eigenvalue weighted by Crippen LogP contribution is -2.58. The molecule has 1 aliphatic heterocycles. The molecule has 0 aromatic heterocycles. The predicted molar refractivity (Wildman–Crippen MR) is 163 cm³/mol. The molecule has 2 N–H and O–H groups in total. The normalized spacial score (nSPS) is 19.0. The first-order chi connectivity index (χ1) is 17.8. The average molecular weight is 573 g/mol. The Balaban J connectivity index is 2.40. The molecule has 1 heterocycles. The quantitative estimate of drug-likeness (QED) is 0.197. The summed E-state index contributed by atoms with van der Waals surface area (Å²) in [4.78, 5) is 28.8. The molecule has 1 saturated heterocycles. The van der Waals surface area contributed by atoms with Crippen LogP contribution in [0.3, 0.4) is 0 Å². The van der Waals surface area contributed by atoms with Gasteiger partial charge in [-0.05, 0) is 54.4 Å². The molecule has 10 heteroatoms. The number of thioether (sulfide) groups is 2. The maximum Gasteiger partial charge on any atom is 0.407 e. The second-order valence-corrected chi connectivity index (χ2v) is 13.9. The smallest absolute Gasteiger partial charge is 0.407 e. The highest BCUT2D eigenvalue weighted by atomic mass is 32.2. The molecule has 0 bridgehead atoms. The van der Waals surface area contributed by atoms with Crippen LogP contribution in [0, 0.1) is 0 Å². The van der Waals surface area contributed by atoms with Crippen LogP contribution in [-0.4, -0.2) is 108 Å². The van der Waals surface area contributed by atoms with Crippen LogP contribution >= 0.6 is 23.5 Å². The van der Waals surface area contributed by atoms with Gasteiger partial charge < -0.3 is 20.1 Å². The molecule has 2 atom stereocenters. The van der Waals surface area contributed by atoms with Crippen LogP contribution in [0.2, 0.25) is 0 Å². The number of nitrogens with one attached hydrogen (secondary N) is 2. The molecule has 1 rings (SSSR count). The second-order valence-electron chi connectivity index (χ2n) is 11.4. The number of piperazine rings is 1. The summed E-state index contributed by atoms with van der Waals surface area (Å²) in [6.45, 7) is 24.5. The Morgan fingerprint density at radius 3 is 1.45 bits per heavy atom. The van der Waals surface area contributed by atoms with E-state index in [1.54, 1.807) is 0 Å². The Morgan fingerprint density at radius 1 is 0.763 bits per heavy atom. The van der Waals surface area contributed by atoms with E-state index in [4.69, 9.17) is 9.47 Å². The molecule has 0 aliphatic carbocycles. The summed E-state index contributed by atoms with van der Waals surface area (Å²) in [7, 11) is 0. The van der Waals surface area contributed by atoms with Gasteiger partial charge in [0.05, 0.1) is 0 Å². The number of amides is 2. The van der Waals surface area contributed by atoms with Gasteiger partial charge in [-0.25, -0.2) is 9.59 Å². The lowest BCUT2D eigenvalue weighted by atomic mass is 10.0. The summed E-state index contributed by atoms with van der Waals surface area (Å²) in [6.07, 6.45) is 5.27. The minimum Gasteiger partial charge on any atom is -0.444 e. The van der Waals surface area contributed by atoms with Gasteiger partial charge in [-0.1, -0.05) is 12.2 Å². The Morgan fingerprint density at radius 2 is 1.13 bits per heavy atom. The van der Waals surface area contributed by atoms with Crippen molar-refractivity contribution in [2.75, 3.05) is 62.3 Å². The van der Waals surface area contributed by atoms with Crippen molar-refractivity contribution < 1.29 is 19.1 Å². The van der Waals surface area contributed by atoms with E-state index in [0.717, 1.165) is 62.0 Å². The first-order valence-corrected chi connectivity index (χ1v) is 15.9. The molecule has 38 heavy (non-hydrogen) atoms. The Kier molecular flexibility index (Phi) is 16.5. The minimum atomic E-state index is -0.473. The summed E-state index contributed by atoms with van der Waals surface area (Å²) in [5, 5.41) is 5.65. The van der Waals surface area contributed by atoms with Crippen molar-refractivity contribution in [1.29, 1.82) is 0 Å². The first-order valence-electron chi connectivity index (χ1n) is 13.6. The van der Waals surface area contributed by atoms with Crippen molar-refractivity contribution >= 4 is 35.7 Å². The molecule has 0 saturated carbocycles. The number of nitrogens with zero attached hydrogens (tertiary/aromatic N) is 2. The minimum absolute atomic E-state index is 0.356. The van der Waals surface area contributed by atoms with Gasteiger partial charge in [-0.3, -0.25) is 9.80 Å². The Labute approximate surface area is 240 Å². The van der Waals surface area contributed by atoms with Crippen LogP contribution < -0.4 is 10.6 Å². The van der Waals surface area contributed by atoms with E-state index in [-0.39, 0.29) is 12.2 Å². The zero-order chi connectivity index (χ0) is 28.6. The molecule has 8 nitrogen and oxygen atoms in total. The second kappa shape index (κ2) is 18.1. The highest BCUT2D eigenvalue weighted by Gasteiger charge is 2.32. The van der Waals surface area contributed by atoms with Gasteiger partial charge in [0.25, 0.3) is 0 Å². The fourth-order valence-electron chi connectivity index (χ4n) is 4.10. The number of alkyl carbamates (subject to hydrolysis) is 2. The van der Waals surface area contributed by atoms with Crippen molar-refractivity contribution in [3.8, 4) is 0 Å². The fourth-order valence-corrected chi connectivity index (χ4v) is 5.73. The summed E-state index contributed by atoms with van der Waals surface area (Å²) >= 11 is 3.71. The van der Waals surface area contributed by atoms with Crippen LogP contribution in [0.15, 0.2) is 25.3 Å². The number of rotatable bonds is 16. The number of carbonyl (C=O) groups excluding carboxylic acids is 2. The Bertz CT molecular complexity index is 665. The van der Waals surface area contributed by atoms with Crippen molar-refractivity contribution in [2.24, 2.45) is 0 Å². The van der Waals surface area contributed by atoms with Crippen LogP contribution in [0.4, 0.5) is 9.59 Å². The largest absolute Gasteiger partial charge is 0.444 e. The summed E-state index contributed by atoms with van der Waals surface area (Å²) in [5.41, 5.74) is -0.946. The van der Waals surface area contributed by atoms with E-state index in [1.165, 1.54) is 0 Å². The van der Waals surface area contributed by atoms with E-state index < -0.39 is 11.2 Å². The number of ether oxygens (including phenoxy) is 2. The number of hydrogen-bond donors (Lipinski definition) is 2. The SMILES string of the molecule is C=CCC1CN(CCSCCNC(=O)OC(C)(C)C)C(CC=C)CN1CCSCCNC(=O)OC(C)(C)C. The van der Waals surface area contributed by atoms with Gasteiger partial charge in [0.2, 0.25) is 0 Å². The molecule has 1 aliphatic rings. The maximum absolute atomic E-state index is 11.8. The molecule has 0 aromatic rings. The third-order valence-corrected chi connectivity index (χ3v) is 7.60. The van der Waals surface area contributed by atoms with E-state index in [2.05, 4.69) is 33.6 Å². The van der Waals surface area contributed by atoms with Crippen LogP contribution in [0.5, 0.6) is 0 Å². The zero-order valence-electron chi connectivity index (χ0n) is 24.6. The van der Waals surface area contributed by atoms with Crippen molar-refractivity contribution in [2.45, 2.75) is 77.7 Å². The highest BCUT2D eigenvalue weighted by molar-refractivity contribution is 7.99. The van der Waals surface area contributed by atoms with Crippen molar-refractivity contribution in [3.63, 3.8) is 0 Å². The van der Waals surface area contributed by atoms with Gasteiger partial charge in [-0.15, -0.1) is 13.2 Å². The topological polar surface area (TPSA) is 83.1 Å². The van der Waals surface area contributed by atoms with E-state index in [9.17, 15) is 9.59 Å². The van der Waals surface area contributed by atoms with Crippen molar-refractivity contribution in [3.05, 3.63) is 25.3 Å². The standard InChI is InChI=1S/C28H52N4O4S2/c1-9-11-23-21-32(16-20-38-18-14-30-26(34)36-28(6,7)8)24(12-10-2)22-31(23)15-19-37-17-13-29-25(33)35-27(3,4)5/h9-10,23-24H,1-2,11-22H2,3-8H3,(H,29,33)(H,30,34). The molecule has 1 fully saturated rings. The molecular formula is C28H52N4O4S2. The maximum atomic E-state index is 11.8. The van der Waals surface area contributed by atoms with Gasteiger partial charge in [-0.2, -0.15) is 23.5 Å². The molecular weight excluding hydrogens is 520 g/mol. The first kappa shape index (κ1) is 34.7. The number of carbonyl (C=O) groups is 2. The molecule has 0 aromatic carbocycles. The third-order valence-electron chi connectivity index (χ3n) is 5.68. The van der Waals surface area contributed by atoms with Gasteiger partial charge in [0.1, 0.15) is 11.2 Å².